The quantitative estimate of drug-likeness (QED) is 0.143. The van der Waals surface area contributed by atoms with E-state index in [1.54, 1.807) is 0 Å². The van der Waals surface area contributed by atoms with E-state index < -0.39 is 0 Å². The summed E-state index contributed by atoms with van der Waals surface area (Å²) >= 11 is 0. The number of rotatable bonds is 9. The predicted octanol–water partition coefficient (Wildman–Crippen LogP) is 15.7. The second-order valence-corrected chi connectivity index (χ2v) is 15.6. The minimum absolute atomic E-state index is 0.221. The Hall–Kier alpha value is -7.61. The van der Waals surface area contributed by atoms with Crippen molar-refractivity contribution < 1.29 is 0 Å². The molecule has 1 aliphatic rings. The SMILES string of the molecule is C1=C(c2cc(-c3ccccc3)nc(-c3cc(-c4ccccc4)cc(-c4ccc(-c5ccccc5)cc4)c3)c2)C=C(c2ccc(-c3ccccc3)cc2)CC1c1ccccc1. The van der Waals surface area contributed by atoms with Crippen LogP contribution in [0.5, 0.6) is 0 Å². The normalized spacial score (nSPS) is 13.6. The van der Waals surface area contributed by atoms with Crippen molar-refractivity contribution in [1.29, 1.82) is 0 Å². The van der Waals surface area contributed by atoms with Crippen LogP contribution in [0.2, 0.25) is 0 Å². The third kappa shape index (κ3) is 7.94. The minimum atomic E-state index is 0.221. The summed E-state index contributed by atoms with van der Waals surface area (Å²) in [6, 6.07) is 82.9. The van der Waals surface area contributed by atoms with Crippen LogP contribution in [0.1, 0.15) is 29.0 Å². The van der Waals surface area contributed by atoms with Crippen LogP contribution in [0.25, 0.3) is 78.2 Å². The highest BCUT2D eigenvalue weighted by molar-refractivity contribution is 5.90. The van der Waals surface area contributed by atoms with Gasteiger partial charge >= 0.3 is 0 Å². The first-order valence-electron chi connectivity index (χ1n) is 20.8. The van der Waals surface area contributed by atoms with Gasteiger partial charge in [0.15, 0.2) is 0 Å². The molecule has 0 aliphatic heterocycles. The third-order valence-electron chi connectivity index (χ3n) is 11.6. The van der Waals surface area contributed by atoms with E-state index in [1.807, 2.05) is 0 Å². The van der Waals surface area contributed by atoms with Gasteiger partial charge in [0.2, 0.25) is 0 Å². The average Bonchev–Trinajstić information content (AvgIpc) is 3.35. The van der Waals surface area contributed by atoms with Crippen molar-refractivity contribution in [2.24, 2.45) is 0 Å². The zero-order valence-electron chi connectivity index (χ0n) is 33.3. The number of hydrogen-bond donors (Lipinski definition) is 0. The highest BCUT2D eigenvalue weighted by Crippen LogP contribution is 2.42. The molecule has 0 N–H and O–H groups in total. The summed E-state index contributed by atoms with van der Waals surface area (Å²) in [6.07, 6.45) is 5.79. The molecule has 1 aliphatic carbocycles. The van der Waals surface area contributed by atoms with Crippen LogP contribution in [-0.2, 0) is 0 Å². The van der Waals surface area contributed by atoms with Crippen molar-refractivity contribution in [1.82, 2.24) is 4.98 Å². The van der Waals surface area contributed by atoms with Crippen molar-refractivity contribution in [3.05, 3.63) is 259 Å². The third-order valence-corrected chi connectivity index (χ3v) is 11.6. The van der Waals surface area contributed by atoms with Crippen molar-refractivity contribution >= 4 is 11.1 Å². The van der Waals surface area contributed by atoms with E-state index in [1.165, 1.54) is 55.7 Å². The summed E-state index contributed by atoms with van der Waals surface area (Å²) in [4.78, 5) is 5.44. The van der Waals surface area contributed by atoms with Crippen LogP contribution in [0.15, 0.2) is 243 Å². The van der Waals surface area contributed by atoms with Gasteiger partial charge in [0.1, 0.15) is 0 Å². The van der Waals surface area contributed by atoms with E-state index in [4.69, 9.17) is 4.98 Å². The van der Waals surface area contributed by atoms with Crippen LogP contribution in [-0.4, -0.2) is 4.98 Å². The molecule has 0 saturated carbocycles. The number of hydrogen-bond acceptors (Lipinski definition) is 1. The number of allylic oxidation sites excluding steroid dienone is 4. The summed E-state index contributed by atoms with van der Waals surface area (Å²) in [7, 11) is 0. The van der Waals surface area contributed by atoms with Gasteiger partial charge in [-0.05, 0) is 109 Å². The molecule has 10 rings (SSSR count). The smallest absolute Gasteiger partial charge is 0.0716 e. The lowest BCUT2D eigenvalue weighted by Gasteiger charge is -2.24. The van der Waals surface area contributed by atoms with Gasteiger partial charge in [0, 0.05) is 17.0 Å². The van der Waals surface area contributed by atoms with Crippen molar-refractivity contribution in [3.63, 3.8) is 0 Å². The molecule has 284 valence electrons. The lowest BCUT2D eigenvalue weighted by molar-refractivity contribution is 0.871. The van der Waals surface area contributed by atoms with E-state index in [2.05, 4.69) is 243 Å². The molecule has 1 heteroatoms. The molecule has 0 saturated heterocycles. The van der Waals surface area contributed by atoms with E-state index >= 15 is 0 Å². The van der Waals surface area contributed by atoms with Gasteiger partial charge in [-0.15, -0.1) is 0 Å². The molecular weight excluding hydrogens is 723 g/mol. The van der Waals surface area contributed by atoms with Gasteiger partial charge in [-0.25, -0.2) is 4.98 Å². The molecular formula is C59H43N. The Morgan fingerprint density at radius 3 is 1.17 bits per heavy atom. The average molecular weight is 766 g/mol. The van der Waals surface area contributed by atoms with Crippen LogP contribution < -0.4 is 0 Å². The maximum absolute atomic E-state index is 5.44. The van der Waals surface area contributed by atoms with E-state index in [-0.39, 0.29) is 5.92 Å². The van der Waals surface area contributed by atoms with Crippen molar-refractivity contribution in [3.8, 4) is 67.0 Å². The standard InChI is InChI=1S/C59H43N/c1-6-16-42(17-7-1)46-26-30-48(31-27-46)52-34-51(44-20-10-3-11-21-44)36-55(37-52)56-40-58(50-24-14-5-15-25-50)60-59(41-56)57-38-53(45-22-12-4-13-23-45)35-54(39-57)49-32-28-47(29-33-49)43-18-8-2-9-19-43/h1-33,35-41,51H,34H2. The maximum Gasteiger partial charge on any atom is 0.0716 e. The molecule has 0 spiro atoms. The predicted molar refractivity (Wildman–Crippen MR) is 253 cm³/mol. The maximum atomic E-state index is 5.44. The Balaban J connectivity index is 1.12. The topological polar surface area (TPSA) is 12.9 Å². The second-order valence-electron chi connectivity index (χ2n) is 15.6. The number of aromatic nitrogens is 1. The lowest BCUT2D eigenvalue weighted by atomic mass is 9.81. The van der Waals surface area contributed by atoms with Crippen LogP contribution in [0.3, 0.4) is 0 Å². The Morgan fingerprint density at radius 1 is 0.300 bits per heavy atom. The summed E-state index contributed by atoms with van der Waals surface area (Å²) in [6.45, 7) is 0. The molecule has 0 amide bonds. The number of nitrogens with zero attached hydrogens (tertiary/aromatic N) is 1. The molecule has 1 atom stereocenters. The minimum Gasteiger partial charge on any atom is -0.248 e. The fourth-order valence-electron chi connectivity index (χ4n) is 8.44. The van der Waals surface area contributed by atoms with E-state index in [0.29, 0.717) is 0 Å². The van der Waals surface area contributed by atoms with Crippen LogP contribution in [0, 0.1) is 0 Å². The van der Waals surface area contributed by atoms with Crippen LogP contribution in [0.4, 0.5) is 0 Å². The Morgan fingerprint density at radius 2 is 0.667 bits per heavy atom. The highest BCUT2D eigenvalue weighted by Gasteiger charge is 2.21. The number of benzene rings is 8. The molecule has 8 aromatic carbocycles. The van der Waals surface area contributed by atoms with Gasteiger partial charge < -0.3 is 0 Å². The molecule has 1 nitrogen and oxygen atoms in total. The van der Waals surface area contributed by atoms with Gasteiger partial charge in [-0.1, -0.05) is 212 Å². The molecule has 0 bridgehead atoms. The Bertz CT molecular complexity index is 2930. The van der Waals surface area contributed by atoms with Gasteiger partial charge in [0.25, 0.3) is 0 Å². The molecule has 60 heavy (non-hydrogen) atoms. The zero-order chi connectivity index (χ0) is 40.1. The molecule has 1 aromatic heterocycles. The molecule has 0 fully saturated rings. The molecule has 0 radical (unpaired) electrons. The van der Waals surface area contributed by atoms with Gasteiger partial charge in [0.05, 0.1) is 11.4 Å². The molecule has 1 unspecified atom stereocenters. The second kappa shape index (κ2) is 16.7. The monoisotopic (exact) mass is 765 g/mol. The Labute approximate surface area is 353 Å². The fraction of sp³-hybridized carbons (Fsp3) is 0.0339. The first-order valence-corrected chi connectivity index (χ1v) is 20.8. The first kappa shape index (κ1) is 36.7. The lowest BCUT2D eigenvalue weighted by Crippen LogP contribution is -2.04. The van der Waals surface area contributed by atoms with Crippen LogP contribution >= 0.6 is 0 Å². The van der Waals surface area contributed by atoms with Gasteiger partial charge in [-0.2, -0.15) is 0 Å². The Kier molecular flexibility index (Phi) is 10.2. The largest absolute Gasteiger partial charge is 0.248 e. The van der Waals surface area contributed by atoms with E-state index in [9.17, 15) is 0 Å². The summed E-state index contributed by atoms with van der Waals surface area (Å²) in [5.74, 6) is 0.221. The van der Waals surface area contributed by atoms with E-state index in [0.717, 1.165) is 45.6 Å². The molecule has 9 aromatic rings. The fourth-order valence-corrected chi connectivity index (χ4v) is 8.44. The molecule has 1 heterocycles. The highest BCUT2D eigenvalue weighted by atomic mass is 14.7. The summed E-state index contributed by atoms with van der Waals surface area (Å²) < 4.78 is 0. The summed E-state index contributed by atoms with van der Waals surface area (Å²) in [5, 5.41) is 0. The van der Waals surface area contributed by atoms with Crippen molar-refractivity contribution in [2.75, 3.05) is 0 Å². The first-order chi connectivity index (χ1) is 29.7. The summed E-state index contributed by atoms with van der Waals surface area (Å²) in [5.41, 5.74) is 19.8. The van der Waals surface area contributed by atoms with Crippen molar-refractivity contribution in [2.45, 2.75) is 12.3 Å². The number of pyridine rings is 1. The zero-order valence-corrected chi connectivity index (χ0v) is 33.3. The van der Waals surface area contributed by atoms with Gasteiger partial charge in [-0.3, -0.25) is 0 Å².